The number of benzene rings is 2. The number of halogens is 2. The number of para-hydroxylation sites is 1. The van der Waals surface area contributed by atoms with Crippen molar-refractivity contribution in [1.82, 2.24) is 15.3 Å². The fourth-order valence-electron chi connectivity index (χ4n) is 4.25. The van der Waals surface area contributed by atoms with Crippen LogP contribution in [0, 0.1) is 5.82 Å². The number of carbonyl (C=O) groups is 1. The van der Waals surface area contributed by atoms with E-state index in [1.165, 1.54) is 24.4 Å². The molecule has 1 atom stereocenters. The standard InChI is InChI=1S/C24H24ClFN6O3/c1-14-11-27-8-9-31(14)19-7-6-15(10-20(19)34-2)29-24-28-12-16-22(30-24)35-13-32(23(16)33)21-17(25)4-3-5-18(21)26/h3-7,10,12,14,27H,8-9,11,13H2,1-2H3,(H,28,29,30)/t14-/m0/s1. The lowest BCUT2D eigenvalue weighted by Crippen LogP contribution is -2.50. The minimum absolute atomic E-state index is 0.0435. The maximum Gasteiger partial charge on any atom is 0.268 e. The van der Waals surface area contributed by atoms with Crippen LogP contribution in [-0.4, -0.2) is 55.4 Å². The number of rotatable bonds is 5. The Morgan fingerprint density at radius 3 is 2.94 bits per heavy atom. The van der Waals surface area contributed by atoms with E-state index in [1.54, 1.807) is 7.11 Å². The highest BCUT2D eigenvalue weighted by atomic mass is 35.5. The van der Waals surface area contributed by atoms with E-state index in [0.29, 0.717) is 6.04 Å². The number of carbonyl (C=O) groups excluding carboxylic acids is 1. The zero-order valence-electron chi connectivity index (χ0n) is 19.2. The third-order valence-electron chi connectivity index (χ3n) is 6.01. The van der Waals surface area contributed by atoms with Crippen molar-refractivity contribution in [3.8, 4) is 11.6 Å². The van der Waals surface area contributed by atoms with Crippen LogP contribution in [0.2, 0.25) is 5.02 Å². The van der Waals surface area contributed by atoms with Gasteiger partial charge in [0.05, 0.1) is 17.8 Å². The molecule has 182 valence electrons. The van der Waals surface area contributed by atoms with Crippen LogP contribution < -0.4 is 29.9 Å². The summed E-state index contributed by atoms with van der Waals surface area (Å²) in [7, 11) is 1.64. The van der Waals surface area contributed by atoms with Crippen molar-refractivity contribution in [2.24, 2.45) is 0 Å². The van der Waals surface area contributed by atoms with Gasteiger partial charge in [-0.25, -0.2) is 9.37 Å². The van der Waals surface area contributed by atoms with Crippen LogP contribution in [0.1, 0.15) is 17.3 Å². The van der Waals surface area contributed by atoms with Gasteiger partial charge in [0.15, 0.2) is 6.73 Å². The molecular formula is C24H24ClFN6O3. The summed E-state index contributed by atoms with van der Waals surface area (Å²) in [6.07, 6.45) is 1.35. The summed E-state index contributed by atoms with van der Waals surface area (Å²) >= 11 is 6.12. The molecule has 0 spiro atoms. The summed E-state index contributed by atoms with van der Waals surface area (Å²) in [6, 6.07) is 10.3. The van der Waals surface area contributed by atoms with Gasteiger partial charge in [-0.1, -0.05) is 17.7 Å². The number of methoxy groups -OCH3 is 1. The lowest BCUT2D eigenvalue weighted by atomic mass is 10.1. The molecular weight excluding hydrogens is 475 g/mol. The van der Waals surface area contributed by atoms with Gasteiger partial charge in [-0.3, -0.25) is 9.69 Å². The number of piperazine rings is 1. The number of fused-ring (bicyclic) bond motifs is 1. The quantitative estimate of drug-likeness (QED) is 0.548. The maximum absolute atomic E-state index is 14.3. The van der Waals surface area contributed by atoms with E-state index in [0.717, 1.165) is 41.7 Å². The molecule has 2 aliphatic rings. The van der Waals surface area contributed by atoms with Gasteiger partial charge in [-0.05, 0) is 31.2 Å². The van der Waals surface area contributed by atoms with Crippen LogP contribution in [0.3, 0.4) is 0 Å². The molecule has 1 aromatic heterocycles. The minimum Gasteiger partial charge on any atom is -0.495 e. The molecule has 2 aromatic carbocycles. The molecule has 1 amide bonds. The fourth-order valence-corrected chi connectivity index (χ4v) is 4.51. The Labute approximate surface area is 206 Å². The molecule has 0 unspecified atom stereocenters. The number of amides is 1. The highest BCUT2D eigenvalue weighted by Gasteiger charge is 2.32. The molecule has 3 aromatic rings. The number of hydrogen-bond acceptors (Lipinski definition) is 8. The molecule has 0 saturated carbocycles. The Morgan fingerprint density at radius 1 is 1.31 bits per heavy atom. The molecule has 0 aliphatic carbocycles. The zero-order valence-corrected chi connectivity index (χ0v) is 20.0. The van der Waals surface area contributed by atoms with E-state index < -0.39 is 11.7 Å². The van der Waals surface area contributed by atoms with Crippen LogP contribution >= 0.6 is 11.6 Å². The summed E-state index contributed by atoms with van der Waals surface area (Å²) < 4.78 is 25.6. The van der Waals surface area contributed by atoms with Crippen LogP contribution in [0.25, 0.3) is 0 Å². The van der Waals surface area contributed by atoms with Gasteiger partial charge < -0.3 is 25.0 Å². The van der Waals surface area contributed by atoms with Gasteiger partial charge in [-0.2, -0.15) is 4.98 Å². The minimum atomic E-state index is -0.621. The number of nitrogens with one attached hydrogen (secondary N) is 2. The van der Waals surface area contributed by atoms with E-state index in [9.17, 15) is 9.18 Å². The predicted octanol–water partition coefficient (Wildman–Crippen LogP) is 3.82. The SMILES string of the molecule is COc1cc(Nc2ncc3c(n2)OCN(c2c(F)cccc2Cl)C3=O)ccc1N1CCNC[C@@H]1C. The summed E-state index contributed by atoms with van der Waals surface area (Å²) in [4.78, 5) is 25.0. The van der Waals surface area contributed by atoms with E-state index in [4.69, 9.17) is 21.1 Å². The second kappa shape index (κ2) is 9.55. The maximum atomic E-state index is 14.3. The summed E-state index contributed by atoms with van der Waals surface area (Å²) in [5.41, 5.74) is 1.80. The third-order valence-corrected chi connectivity index (χ3v) is 6.32. The van der Waals surface area contributed by atoms with Crippen molar-refractivity contribution >= 4 is 40.5 Å². The average Bonchev–Trinajstić information content (AvgIpc) is 2.85. The van der Waals surface area contributed by atoms with E-state index in [2.05, 4.69) is 32.4 Å². The number of ether oxygens (including phenoxy) is 2. The number of hydrogen-bond donors (Lipinski definition) is 2. The smallest absolute Gasteiger partial charge is 0.268 e. The van der Waals surface area contributed by atoms with E-state index >= 15 is 0 Å². The largest absolute Gasteiger partial charge is 0.495 e. The molecule has 2 aliphatic heterocycles. The number of nitrogens with zero attached hydrogens (tertiary/aromatic N) is 4. The summed E-state index contributed by atoms with van der Waals surface area (Å²) in [5.74, 6) is -0.0371. The first-order valence-electron chi connectivity index (χ1n) is 11.1. The Bertz CT molecular complexity index is 1260. The molecule has 11 heteroatoms. The summed E-state index contributed by atoms with van der Waals surface area (Å²) in [5, 5.41) is 6.62. The molecule has 0 bridgehead atoms. The van der Waals surface area contributed by atoms with Gasteiger partial charge in [0, 0.05) is 43.6 Å². The molecule has 9 nitrogen and oxygen atoms in total. The Hall–Kier alpha value is -3.63. The van der Waals surface area contributed by atoms with Crippen LogP contribution in [0.15, 0.2) is 42.6 Å². The Kier molecular flexibility index (Phi) is 6.31. The first kappa shape index (κ1) is 23.1. The third kappa shape index (κ3) is 4.42. The van der Waals surface area contributed by atoms with Crippen molar-refractivity contribution in [2.45, 2.75) is 13.0 Å². The molecule has 2 N–H and O–H groups in total. The highest BCUT2D eigenvalue weighted by molar-refractivity contribution is 6.34. The van der Waals surface area contributed by atoms with Gasteiger partial charge in [-0.15, -0.1) is 0 Å². The zero-order chi connectivity index (χ0) is 24.5. The topological polar surface area (TPSA) is 91.8 Å². The number of aromatic nitrogens is 2. The van der Waals surface area contributed by atoms with E-state index in [1.807, 2.05) is 18.2 Å². The Balaban J connectivity index is 1.36. The van der Waals surface area contributed by atoms with Crippen molar-refractivity contribution in [2.75, 3.05) is 48.6 Å². The van der Waals surface area contributed by atoms with Crippen LogP contribution in [0.5, 0.6) is 11.6 Å². The lowest BCUT2D eigenvalue weighted by molar-refractivity contribution is 0.0931. The van der Waals surface area contributed by atoms with Crippen molar-refractivity contribution < 1.29 is 18.7 Å². The number of anilines is 4. The Morgan fingerprint density at radius 2 is 2.17 bits per heavy atom. The second-order valence-corrected chi connectivity index (χ2v) is 8.65. The average molecular weight is 499 g/mol. The fraction of sp³-hybridized carbons (Fsp3) is 0.292. The van der Waals surface area contributed by atoms with Crippen molar-refractivity contribution in [3.63, 3.8) is 0 Å². The molecule has 5 rings (SSSR count). The monoisotopic (exact) mass is 498 g/mol. The second-order valence-electron chi connectivity index (χ2n) is 8.25. The molecule has 0 radical (unpaired) electrons. The van der Waals surface area contributed by atoms with Gasteiger partial charge in [0.1, 0.15) is 22.8 Å². The predicted molar refractivity (Wildman–Crippen MR) is 132 cm³/mol. The molecule has 1 saturated heterocycles. The first-order valence-corrected chi connectivity index (χ1v) is 11.5. The first-order chi connectivity index (χ1) is 17.0. The highest BCUT2D eigenvalue weighted by Crippen LogP contribution is 2.35. The van der Waals surface area contributed by atoms with Crippen molar-refractivity contribution in [1.29, 1.82) is 0 Å². The van der Waals surface area contributed by atoms with Crippen LogP contribution in [-0.2, 0) is 0 Å². The van der Waals surface area contributed by atoms with Crippen molar-refractivity contribution in [3.05, 3.63) is 59.0 Å². The van der Waals surface area contributed by atoms with Gasteiger partial charge >= 0.3 is 0 Å². The van der Waals surface area contributed by atoms with Gasteiger partial charge in [0.2, 0.25) is 11.8 Å². The molecule has 3 heterocycles. The molecule has 1 fully saturated rings. The lowest BCUT2D eigenvalue weighted by Gasteiger charge is -2.36. The van der Waals surface area contributed by atoms with Crippen LogP contribution in [0.4, 0.5) is 27.4 Å². The summed E-state index contributed by atoms with van der Waals surface area (Å²) in [6.45, 7) is 4.65. The van der Waals surface area contributed by atoms with E-state index in [-0.39, 0.29) is 34.8 Å². The van der Waals surface area contributed by atoms with Gasteiger partial charge in [0.25, 0.3) is 5.91 Å². The molecule has 35 heavy (non-hydrogen) atoms. The normalized spacial score (nSPS) is 17.6.